The van der Waals surface area contributed by atoms with E-state index < -0.39 is 11.6 Å². The van der Waals surface area contributed by atoms with Gasteiger partial charge in [0.2, 0.25) is 0 Å². The number of aromatic nitrogens is 1. The zero-order valence-corrected chi connectivity index (χ0v) is 11.7. The van der Waals surface area contributed by atoms with E-state index in [1.807, 2.05) is 24.3 Å². The zero-order chi connectivity index (χ0) is 14.8. The number of hydrogen-bond donors (Lipinski definition) is 1. The van der Waals surface area contributed by atoms with Gasteiger partial charge in [0, 0.05) is 27.6 Å². The lowest BCUT2D eigenvalue weighted by atomic mass is 10.1. The Balaban J connectivity index is 1.76. The average molecular weight is 303 g/mol. The third-order valence-electron chi connectivity index (χ3n) is 3.15. The molecule has 0 atom stereocenters. The van der Waals surface area contributed by atoms with E-state index in [0.717, 1.165) is 23.0 Å². The number of thioether (sulfide) groups is 1. The third kappa shape index (κ3) is 2.83. The molecule has 0 saturated heterocycles. The quantitative estimate of drug-likeness (QED) is 0.571. The Hall–Kier alpha value is -2.14. The van der Waals surface area contributed by atoms with Crippen LogP contribution in [0.25, 0.3) is 10.9 Å². The fourth-order valence-corrected chi connectivity index (χ4v) is 2.90. The van der Waals surface area contributed by atoms with Crippen LogP contribution in [0.1, 0.15) is 10.4 Å². The molecule has 106 valence electrons. The second kappa shape index (κ2) is 5.69. The van der Waals surface area contributed by atoms with Crippen molar-refractivity contribution < 1.29 is 13.6 Å². The van der Waals surface area contributed by atoms with Crippen LogP contribution in [0.5, 0.6) is 0 Å². The molecule has 2 nitrogen and oxygen atoms in total. The monoisotopic (exact) mass is 303 g/mol. The molecule has 0 aliphatic rings. The number of halogens is 2. The number of para-hydroxylation sites is 1. The first-order valence-corrected chi connectivity index (χ1v) is 7.31. The number of rotatable bonds is 4. The Bertz CT molecular complexity index is 813. The lowest BCUT2D eigenvalue weighted by molar-refractivity contribution is 0.102. The zero-order valence-electron chi connectivity index (χ0n) is 10.9. The van der Waals surface area contributed by atoms with Crippen LogP contribution in [0.15, 0.2) is 53.6 Å². The van der Waals surface area contributed by atoms with Crippen LogP contribution in [0.3, 0.4) is 0 Å². The SMILES string of the molecule is O=C(CSc1ccc(F)c(F)c1)c1c[nH]c2ccccc12. The minimum atomic E-state index is -0.903. The molecule has 1 N–H and O–H groups in total. The number of hydrogen-bond acceptors (Lipinski definition) is 2. The van der Waals surface area contributed by atoms with Crippen molar-refractivity contribution in [3.63, 3.8) is 0 Å². The van der Waals surface area contributed by atoms with Gasteiger partial charge in [-0.25, -0.2) is 8.78 Å². The highest BCUT2D eigenvalue weighted by Gasteiger charge is 2.12. The van der Waals surface area contributed by atoms with Crippen molar-refractivity contribution in [3.05, 3.63) is 65.9 Å². The molecule has 0 saturated carbocycles. The predicted octanol–water partition coefficient (Wildman–Crippen LogP) is 4.42. The number of fused-ring (bicyclic) bond motifs is 1. The van der Waals surface area contributed by atoms with E-state index in [4.69, 9.17) is 0 Å². The highest BCUT2D eigenvalue weighted by atomic mass is 32.2. The first kappa shape index (κ1) is 13.8. The van der Waals surface area contributed by atoms with Crippen molar-refractivity contribution >= 4 is 28.4 Å². The highest BCUT2D eigenvalue weighted by molar-refractivity contribution is 8.00. The molecule has 0 aliphatic carbocycles. The molecule has 0 amide bonds. The molecule has 0 aliphatic heterocycles. The largest absolute Gasteiger partial charge is 0.360 e. The van der Waals surface area contributed by atoms with Gasteiger partial charge in [-0.2, -0.15) is 0 Å². The molecule has 3 aromatic rings. The molecule has 2 aromatic carbocycles. The second-order valence-electron chi connectivity index (χ2n) is 4.54. The van der Waals surface area contributed by atoms with Gasteiger partial charge in [-0.05, 0) is 24.3 Å². The molecule has 5 heteroatoms. The summed E-state index contributed by atoms with van der Waals surface area (Å²) in [7, 11) is 0. The summed E-state index contributed by atoms with van der Waals surface area (Å²) in [6.07, 6.45) is 1.68. The van der Waals surface area contributed by atoms with E-state index in [-0.39, 0.29) is 11.5 Å². The second-order valence-corrected chi connectivity index (χ2v) is 5.58. The maximum absolute atomic E-state index is 13.1. The number of carbonyl (C=O) groups is 1. The molecule has 0 fully saturated rings. The number of benzene rings is 2. The van der Waals surface area contributed by atoms with Crippen molar-refractivity contribution in [1.29, 1.82) is 0 Å². The van der Waals surface area contributed by atoms with Crippen LogP contribution in [0, 0.1) is 11.6 Å². The Morgan fingerprint density at radius 3 is 2.71 bits per heavy atom. The number of nitrogens with one attached hydrogen (secondary N) is 1. The van der Waals surface area contributed by atoms with Crippen molar-refractivity contribution in [3.8, 4) is 0 Å². The minimum Gasteiger partial charge on any atom is -0.360 e. The first-order valence-electron chi connectivity index (χ1n) is 6.32. The highest BCUT2D eigenvalue weighted by Crippen LogP contribution is 2.24. The normalized spacial score (nSPS) is 11.0. The number of carbonyl (C=O) groups excluding carboxylic acids is 1. The summed E-state index contributed by atoms with van der Waals surface area (Å²) in [6, 6.07) is 11.2. The van der Waals surface area contributed by atoms with Crippen molar-refractivity contribution in [2.24, 2.45) is 0 Å². The molecule has 0 unspecified atom stereocenters. The molecule has 21 heavy (non-hydrogen) atoms. The molecule has 1 heterocycles. The lowest BCUT2D eigenvalue weighted by Gasteiger charge is -2.02. The smallest absolute Gasteiger partial charge is 0.175 e. The van der Waals surface area contributed by atoms with E-state index in [9.17, 15) is 13.6 Å². The number of H-pyrrole nitrogens is 1. The van der Waals surface area contributed by atoms with E-state index in [1.165, 1.54) is 17.8 Å². The van der Waals surface area contributed by atoms with Crippen molar-refractivity contribution in [2.75, 3.05) is 5.75 Å². The summed E-state index contributed by atoms with van der Waals surface area (Å²) in [5, 5.41) is 0.869. The fourth-order valence-electron chi connectivity index (χ4n) is 2.10. The fraction of sp³-hybridized carbons (Fsp3) is 0.0625. The summed E-state index contributed by atoms with van der Waals surface area (Å²) in [5.41, 5.74) is 1.51. The Morgan fingerprint density at radius 2 is 1.90 bits per heavy atom. The molecular weight excluding hydrogens is 292 g/mol. The van der Waals surface area contributed by atoms with Crippen LogP contribution in [0.2, 0.25) is 0 Å². The summed E-state index contributed by atoms with van der Waals surface area (Å²) in [4.78, 5) is 15.8. The summed E-state index contributed by atoms with van der Waals surface area (Å²) < 4.78 is 25.9. The third-order valence-corrected chi connectivity index (χ3v) is 4.14. The average Bonchev–Trinajstić information content (AvgIpc) is 2.92. The van der Waals surface area contributed by atoms with Gasteiger partial charge < -0.3 is 4.98 Å². The number of Topliss-reactive ketones (excluding diaryl/α,β-unsaturated/α-hetero) is 1. The summed E-state index contributed by atoms with van der Waals surface area (Å²) in [6.45, 7) is 0. The van der Waals surface area contributed by atoms with Gasteiger partial charge in [-0.1, -0.05) is 18.2 Å². The summed E-state index contributed by atoms with van der Waals surface area (Å²) >= 11 is 1.19. The first-order chi connectivity index (χ1) is 10.1. The summed E-state index contributed by atoms with van der Waals surface area (Å²) in [5.74, 6) is -1.67. The Kier molecular flexibility index (Phi) is 3.75. The van der Waals surface area contributed by atoms with Gasteiger partial charge in [0.25, 0.3) is 0 Å². The van der Waals surface area contributed by atoms with Crippen molar-refractivity contribution in [2.45, 2.75) is 4.90 Å². The predicted molar refractivity (Wildman–Crippen MR) is 79.7 cm³/mol. The molecule has 3 rings (SSSR count). The number of ketones is 1. The van der Waals surface area contributed by atoms with Crippen LogP contribution in [-0.2, 0) is 0 Å². The van der Waals surface area contributed by atoms with Gasteiger partial charge in [-0.15, -0.1) is 11.8 Å². The van der Waals surface area contributed by atoms with Gasteiger partial charge in [0.15, 0.2) is 17.4 Å². The van der Waals surface area contributed by atoms with Crippen molar-refractivity contribution in [1.82, 2.24) is 4.98 Å². The van der Waals surface area contributed by atoms with Crippen LogP contribution in [0.4, 0.5) is 8.78 Å². The number of aromatic amines is 1. The molecule has 0 bridgehead atoms. The maximum atomic E-state index is 13.1. The molecule has 1 aromatic heterocycles. The van der Waals surface area contributed by atoms with Gasteiger partial charge >= 0.3 is 0 Å². The Labute approximate surface area is 124 Å². The standard InChI is InChI=1S/C16H11F2NOS/c17-13-6-5-10(7-14(13)18)21-9-16(20)12-8-19-15-4-2-1-3-11(12)15/h1-8,19H,9H2. The van der Waals surface area contributed by atoms with E-state index in [0.29, 0.717) is 10.5 Å². The minimum absolute atomic E-state index is 0.0535. The van der Waals surface area contributed by atoms with Gasteiger partial charge in [-0.3, -0.25) is 4.79 Å². The van der Waals surface area contributed by atoms with Crippen LogP contribution >= 0.6 is 11.8 Å². The molecule has 0 spiro atoms. The molecule has 0 radical (unpaired) electrons. The topological polar surface area (TPSA) is 32.9 Å². The molecular formula is C16H11F2NOS. The lowest BCUT2D eigenvalue weighted by Crippen LogP contribution is -2.01. The van der Waals surface area contributed by atoms with E-state index >= 15 is 0 Å². The van der Waals surface area contributed by atoms with E-state index in [1.54, 1.807) is 6.20 Å². The van der Waals surface area contributed by atoms with Gasteiger partial charge in [0.05, 0.1) is 5.75 Å². The maximum Gasteiger partial charge on any atom is 0.175 e. The van der Waals surface area contributed by atoms with Gasteiger partial charge in [0.1, 0.15) is 0 Å². The van der Waals surface area contributed by atoms with Crippen LogP contribution < -0.4 is 0 Å². The Morgan fingerprint density at radius 1 is 1.10 bits per heavy atom. The van der Waals surface area contributed by atoms with Crippen LogP contribution in [-0.4, -0.2) is 16.5 Å². The van der Waals surface area contributed by atoms with E-state index in [2.05, 4.69) is 4.98 Å².